The molecule has 1 heterocycles. The van der Waals surface area contributed by atoms with Gasteiger partial charge in [-0.2, -0.15) is 13.2 Å². The third kappa shape index (κ3) is 3.33. The Morgan fingerprint density at radius 1 is 1.17 bits per heavy atom. The van der Waals surface area contributed by atoms with E-state index < -0.39 is 46.3 Å². The van der Waals surface area contributed by atoms with E-state index in [0.29, 0.717) is 0 Å². The number of hydrogen-bond donors (Lipinski definition) is 1. The second kappa shape index (κ2) is 7.10. The molecular formula is C20H20F4N2O4. The maximum atomic E-state index is 14.4. The van der Waals surface area contributed by atoms with Crippen molar-refractivity contribution in [2.24, 2.45) is 5.41 Å². The summed E-state index contributed by atoms with van der Waals surface area (Å²) in [6.07, 6.45) is -7.07. The number of nitrogens with zero attached hydrogens (tertiary/aromatic N) is 1. The van der Waals surface area contributed by atoms with Crippen LogP contribution < -0.4 is 10.2 Å². The van der Waals surface area contributed by atoms with E-state index in [4.69, 9.17) is 0 Å². The van der Waals surface area contributed by atoms with Crippen molar-refractivity contribution in [1.29, 1.82) is 0 Å². The van der Waals surface area contributed by atoms with Crippen LogP contribution in [0.4, 0.5) is 28.0 Å². The van der Waals surface area contributed by atoms with Gasteiger partial charge in [0.15, 0.2) is 5.78 Å². The number of alkyl carbamates (subject to hydrolysis) is 1. The number of ether oxygens (including phenoxy) is 1. The summed E-state index contributed by atoms with van der Waals surface area (Å²) < 4.78 is 61.1. The van der Waals surface area contributed by atoms with E-state index in [2.05, 4.69) is 4.74 Å². The molecule has 1 aromatic carbocycles. The average Bonchev–Trinajstić information content (AvgIpc) is 2.84. The number of carbonyl (C=O) groups excluding carboxylic acids is 3. The Hall–Kier alpha value is -2.91. The molecule has 30 heavy (non-hydrogen) atoms. The highest BCUT2D eigenvalue weighted by molar-refractivity contribution is 6.20. The van der Waals surface area contributed by atoms with Crippen LogP contribution in [-0.2, 0) is 14.3 Å². The number of halogens is 4. The lowest BCUT2D eigenvalue weighted by Gasteiger charge is -2.35. The first kappa shape index (κ1) is 21.8. The van der Waals surface area contributed by atoms with Crippen LogP contribution in [0.3, 0.4) is 0 Å². The van der Waals surface area contributed by atoms with E-state index in [1.54, 1.807) is 19.2 Å². The van der Waals surface area contributed by atoms with Gasteiger partial charge >= 0.3 is 12.3 Å². The summed E-state index contributed by atoms with van der Waals surface area (Å²) in [5.41, 5.74) is -5.34. The molecule has 0 saturated heterocycles. The molecule has 0 radical (unpaired) electrons. The van der Waals surface area contributed by atoms with Crippen molar-refractivity contribution in [3.05, 3.63) is 41.4 Å². The fourth-order valence-electron chi connectivity index (χ4n) is 3.94. The van der Waals surface area contributed by atoms with Crippen LogP contribution in [0.25, 0.3) is 0 Å². The zero-order valence-electron chi connectivity index (χ0n) is 16.5. The summed E-state index contributed by atoms with van der Waals surface area (Å²) in [5.74, 6) is -3.11. The van der Waals surface area contributed by atoms with E-state index in [9.17, 15) is 31.9 Å². The molecule has 1 aliphatic heterocycles. The van der Waals surface area contributed by atoms with Crippen LogP contribution in [0.5, 0.6) is 0 Å². The molecule has 0 bridgehead atoms. The SMILES string of the molecule is CCOC(=O)N[C@@]1(C(F)(F)F)C(=O)N(c2ccc(F)cc2)C2=C1C(=O)CC(C)(C)C2. The molecule has 1 atom stereocenters. The molecule has 0 aromatic heterocycles. The number of carbonyl (C=O) groups is 3. The first-order valence-electron chi connectivity index (χ1n) is 9.22. The lowest BCUT2D eigenvalue weighted by molar-refractivity contribution is -0.186. The second-order valence-corrected chi connectivity index (χ2v) is 7.97. The van der Waals surface area contributed by atoms with Gasteiger partial charge in [0.2, 0.25) is 5.54 Å². The van der Waals surface area contributed by atoms with Crippen LogP contribution in [-0.4, -0.2) is 36.1 Å². The molecule has 10 heteroatoms. The van der Waals surface area contributed by atoms with Gasteiger partial charge in [-0.05, 0) is 43.0 Å². The molecule has 162 valence electrons. The molecule has 2 aliphatic rings. The van der Waals surface area contributed by atoms with Crippen LogP contribution >= 0.6 is 0 Å². The predicted octanol–water partition coefficient (Wildman–Crippen LogP) is 3.86. The normalized spacial score (nSPS) is 23.5. The maximum absolute atomic E-state index is 14.4. The Bertz CT molecular complexity index is 937. The zero-order valence-corrected chi connectivity index (χ0v) is 16.5. The molecule has 2 amide bonds. The standard InChI is InChI=1S/C20H20F4N2O4/c1-4-30-17(29)25-19(20(22,23)24)15-13(9-18(2,3)10-14(15)27)26(16(19)28)12-7-5-11(21)6-8-12/h5-8H,4,9-10H2,1-3H3,(H,25,29)/t19-/m1/s1. The third-order valence-electron chi connectivity index (χ3n) is 5.10. The van der Waals surface area contributed by atoms with Crippen molar-refractivity contribution in [2.45, 2.75) is 45.3 Å². The molecule has 0 spiro atoms. The Balaban J connectivity index is 2.28. The van der Waals surface area contributed by atoms with Crippen LogP contribution in [0.2, 0.25) is 0 Å². The van der Waals surface area contributed by atoms with Gasteiger partial charge in [-0.3, -0.25) is 19.8 Å². The van der Waals surface area contributed by atoms with Crippen molar-refractivity contribution in [3.63, 3.8) is 0 Å². The van der Waals surface area contributed by atoms with Crippen molar-refractivity contribution in [2.75, 3.05) is 11.5 Å². The van der Waals surface area contributed by atoms with Crippen LogP contribution in [0, 0.1) is 11.2 Å². The van der Waals surface area contributed by atoms with Crippen LogP contribution in [0.1, 0.15) is 33.6 Å². The van der Waals surface area contributed by atoms with Gasteiger partial charge in [0.1, 0.15) is 5.82 Å². The van der Waals surface area contributed by atoms with Gasteiger partial charge in [-0.25, -0.2) is 9.18 Å². The van der Waals surface area contributed by atoms with Gasteiger partial charge in [0, 0.05) is 17.8 Å². The second-order valence-electron chi connectivity index (χ2n) is 7.97. The van der Waals surface area contributed by atoms with E-state index in [1.807, 2.05) is 0 Å². The minimum absolute atomic E-state index is 0.0282. The zero-order chi connectivity index (χ0) is 22.5. The number of ketones is 1. The quantitative estimate of drug-likeness (QED) is 0.742. The van der Waals surface area contributed by atoms with E-state index in [0.717, 1.165) is 29.2 Å². The lowest BCUT2D eigenvalue weighted by atomic mass is 9.72. The highest BCUT2D eigenvalue weighted by atomic mass is 19.4. The van der Waals surface area contributed by atoms with Gasteiger partial charge in [0.05, 0.1) is 12.2 Å². The van der Waals surface area contributed by atoms with Gasteiger partial charge < -0.3 is 4.74 Å². The van der Waals surface area contributed by atoms with Gasteiger partial charge in [-0.1, -0.05) is 13.8 Å². The molecule has 0 fully saturated rings. The lowest BCUT2D eigenvalue weighted by Crippen LogP contribution is -2.66. The monoisotopic (exact) mass is 428 g/mol. The highest BCUT2D eigenvalue weighted by Crippen LogP contribution is 2.52. The van der Waals surface area contributed by atoms with E-state index in [-0.39, 0.29) is 30.8 Å². The first-order chi connectivity index (χ1) is 13.8. The number of benzene rings is 1. The number of allylic oxidation sites excluding steroid dienone is 1. The number of nitrogens with one attached hydrogen (secondary N) is 1. The molecule has 0 saturated carbocycles. The number of rotatable bonds is 3. The molecular weight excluding hydrogens is 408 g/mol. The Labute approximate surface area is 169 Å². The summed E-state index contributed by atoms with van der Waals surface area (Å²) in [4.78, 5) is 38.9. The Morgan fingerprint density at radius 3 is 2.30 bits per heavy atom. The fraction of sp³-hybridized carbons (Fsp3) is 0.450. The van der Waals surface area contributed by atoms with E-state index in [1.165, 1.54) is 6.92 Å². The van der Waals surface area contributed by atoms with Gasteiger partial charge in [-0.15, -0.1) is 0 Å². The molecule has 6 nitrogen and oxygen atoms in total. The summed E-state index contributed by atoms with van der Waals surface area (Å²) >= 11 is 0. The number of hydrogen-bond acceptors (Lipinski definition) is 4. The molecule has 1 aliphatic carbocycles. The Kier molecular flexibility index (Phi) is 5.16. The number of Topliss-reactive ketones (excluding diaryl/α,β-unsaturated/α-hetero) is 1. The third-order valence-corrected chi connectivity index (χ3v) is 5.10. The van der Waals surface area contributed by atoms with Crippen molar-refractivity contribution in [1.82, 2.24) is 5.32 Å². The van der Waals surface area contributed by atoms with Crippen LogP contribution in [0.15, 0.2) is 35.5 Å². The summed E-state index contributed by atoms with van der Waals surface area (Å²) in [5, 5.41) is 1.62. The summed E-state index contributed by atoms with van der Waals surface area (Å²) in [6.45, 7) is 4.53. The average molecular weight is 428 g/mol. The minimum atomic E-state index is -5.33. The highest BCUT2D eigenvalue weighted by Gasteiger charge is 2.72. The number of alkyl halides is 3. The predicted molar refractivity (Wildman–Crippen MR) is 97.9 cm³/mol. The molecule has 1 aromatic rings. The fourth-order valence-corrected chi connectivity index (χ4v) is 3.94. The first-order valence-corrected chi connectivity index (χ1v) is 9.22. The largest absolute Gasteiger partial charge is 0.450 e. The number of amides is 2. The minimum Gasteiger partial charge on any atom is -0.450 e. The maximum Gasteiger partial charge on any atom is 0.425 e. The molecule has 0 unspecified atom stereocenters. The van der Waals surface area contributed by atoms with Gasteiger partial charge in [0.25, 0.3) is 5.91 Å². The van der Waals surface area contributed by atoms with Crippen molar-refractivity contribution in [3.8, 4) is 0 Å². The number of anilines is 1. The van der Waals surface area contributed by atoms with E-state index >= 15 is 0 Å². The molecule has 1 N–H and O–H groups in total. The van der Waals surface area contributed by atoms with Crippen molar-refractivity contribution >= 4 is 23.5 Å². The smallest absolute Gasteiger partial charge is 0.425 e. The molecule has 3 rings (SSSR count). The van der Waals surface area contributed by atoms with Crippen molar-refractivity contribution < 1.29 is 36.7 Å². The summed E-state index contributed by atoms with van der Waals surface area (Å²) in [7, 11) is 0. The topological polar surface area (TPSA) is 75.7 Å². The Morgan fingerprint density at radius 2 is 1.77 bits per heavy atom. The summed E-state index contributed by atoms with van der Waals surface area (Å²) in [6, 6.07) is 4.26.